The quantitative estimate of drug-likeness (QED) is 0.539. The Balaban J connectivity index is 1.83. The molecule has 0 bridgehead atoms. The molecule has 0 saturated heterocycles. The van der Waals surface area contributed by atoms with Crippen LogP contribution in [0.25, 0.3) is 10.9 Å². The summed E-state index contributed by atoms with van der Waals surface area (Å²) in [6.45, 7) is 0.810. The number of nitrogens with zero attached hydrogens (tertiary/aromatic N) is 2. The van der Waals surface area contributed by atoms with Crippen molar-refractivity contribution in [2.45, 2.75) is 11.4 Å². The molecule has 0 amide bonds. The van der Waals surface area contributed by atoms with E-state index in [-0.39, 0.29) is 0 Å². The molecule has 5 heteroatoms. The van der Waals surface area contributed by atoms with Crippen molar-refractivity contribution in [2.75, 3.05) is 18.8 Å². The predicted molar refractivity (Wildman–Crippen MR) is 100 cm³/mol. The maximum atomic E-state index is 10.7. The van der Waals surface area contributed by atoms with E-state index >= 15 is 0 Å². The van der Waals surface area contributed by atoms with Crippen molar-refractivity contribution in [1.82, 2.24) is 9.88 Å². The highest BCUT2D eigenvalue weighted by Crippen LogP contribution is 2.27. The van der Waals surface area contributed by atoms with Crippen molar-refractivity contribution in [1.29, 1.82) is 0 Å². The van der Waals surface area contributed by atoms with Crippen LogP contribution in [0.15, 0.2) is 59.5 Å². The third-order valence-electron chi connectivity index (χ3n) is 3.55. The van der Waals surface area contributed by atoms with E-state index in [0.29, 0.717) is 5.56 Å². The number of aromatic nitrogens is 1. The monoisotopic (exact) mass is 337 g/mol. The van der Waals surface area contributed by atoms with Crippen LogP contribution < -0.4 is 4.72 Å². The van der Waals surface area contributed by atoms with Crippen molar-refractivity contribution < 1.29 is 4.79 Å². The maximum Gasteiger partial charge on any atom is 0.150 e. The van der Waals surface area contributed by atoms with Crippen molar-refractivity contribution in [2.24, 2.45) is 0 Å². The molecule has 1 heterocycles. The molecule has 1 N–H and O–H groups in total. The number of rotatable bonds is 6. The van der Waals surface area contributed by atoms with Gasteiger partial charge in [-0.2, -0.15) is 0 Å². The van der Waals surface area contributed by atoms with Crippen LogP contribution in [0.2, 0.25) is 0 Å². The van der Waals surface area contributed by atoms with Crippen molar-refractivity contribution in [3.8, 4) is 0 Å². The number of para-hydroxylation sites is 1. The highest BCUT2D eigenvalue weighted by Gasteiger charge is 2.05. The molecule has 4 nitrogen and oxygen atoms in total. The molecule has 0 saturated carbocycles. The number of carbonyl (C=O) groups is 1. The summed E-state index contributed by atoms with van der Waals surface area (Å²) in [5, 5.41) is 1.11. The van der Waals surface area contributed by atoms with Gasteiger partial charge in [0.15, 0.2) is 0 Å². The van der Waals surface area contributed by atoms with E-state index in [9.17, 15) is 4.79 Å². The van der Waals surface area contributed by atoms with E-state index in [1.807, 2.05) is 50.5 Å². The van der Waals surface area contributed by atoms with Gasteiger partial charge in [0, 0.05) is 22.4 Å². The minimum Gasteiger partial charge on any atom is -0.324 e. The first-order valence-corrected chi connectivity index (χ1v) is 8.49. The Labute approximate surface area is 146 Å². The minimum absolute atomic E-state index is 0.680. The van der Waals surface area contributed by atoms with Crippen molar-refractivity contribution in [3.63, 3.8) is 0 Å². The molecule has 3 rings (SSSR count). The lowest BCUT2D eigenvalue weighted by Gasteiger charge is -2.12. The van der Waals surface area contributed by atoms with Crippen molar-refractivity contribution >= 4 is 34.8 Å². The molecule has 0 aliphatic rings. The number of aldehydes is 1. The second kappa shape index (κ2) is 7.47. The van der Waals surface area contributed by atoms with E-state index in [2.05, 4.69) is 27.8 Å². The summed E-state index contributed by atoms with van der Waals surface area (Å²) in [5.74, 6) is 0. The molecule has 0 spiro atoms. The molecule has 3 aromatic rings. The lowest BCUT2D eigenvalue weighted by molar-refractivity contribution is 0.112. The number of carbonyl (C=O) groups excluding carboxylic acids is 1. The second-order valence-electron chi connectivity index (χ2n) is 5.81. The van der Waals surface area contributed by atoms with E-state index in [4.69, 9.17) is 4.98 Å². The third-order valence-corrected chi connectivity index (χ3v) is 4.38. The lowest BCUT2D eigenvalue weighted by atomic mass is 10.2. The van der Waals surface area contributed by atoms with Crippen LogP contribution in [0.1, 0.15) is 16.1 Å². The SMILES string of the molecule is CN(C)Cc1ccc2cccc(NSc3ccc(C=O)cc3)c2n1. The Kier molecular flexibility index (Phi) is 5.13. The van der Waals surface area contributed by atoms with Gasteiger partial charge < -0.3 is 9.62 Å². The number of hydrogen-bond donors (Lipinski definition) is 1. The molecule has 0 fully saturated rings. The highest BCUT2D eigenvalue weighted by molar-refractivity contribution is 8.00. The van der Waals surface area contributed by atoms with Crippen LogP contribution in [-0.2, 0) is 6.54 Å². The first-order valence-electron chi connectivity index (χ1n) is 7.67. The number of hydrogen-bond acceptors (Lipinski definition) is 5. The normalized spacial score (nSPS) is 11.0. The van der Waals surface area contributed by atoms with Crippen LogP contribution in [0.5, 0.6) is 0 Å². The molecular weight excluding hydrogens is 318 g/mol. The molecule has 0 aliphatic heterocycles. The van der Waals surface area contributed by atoms with Gasteiger partial charge in [-0.25, -0.2) is 4.98 Å². The Bertz CT molecular complexity index is 847. The standard InChI is InChI=1S/C19H19N3OS/c1-22(2)12-16-9-8-15-4-3-5-18(19(15)20-16)21-24-17-10-6-14(13-23)7-11-17/h3-11,13,21H,12H2,1-2H3. The van der Waals surface area contributed by atoms with Crippen LogP contribution >= 0.6 is 11.9 Å². The van der Waals surface area contributed by atoms with Gasteiger partial charge in [-0.05, 0) is 50.3 Å². The average molecular weight is 337 g/mol. The van der Waals surface area contributed by atoms with Crippen LogP contribution in [-0.4, -0.2) is 30.3 Å². The fraction of sp³-hybridized carbons (Fsp3) is 0.158. The van der Waals surface area contributed by atoms with Gasteiger partial charge in [0.25, 0.3) is 0 Å². The molecule has 24 heavy (non-hydrogen) atoms. The predicted octanol–water partition coefficient (Wildman–Crippen LogP) is 4.23. The fourth-order valence-corrected chi connectivity index (χ4v) is 3.07. The zero-order valence-corrected chi connectivity index (χ0v) is 14.5. The summed E-state index contributed by atoms with van der Waals surface area (Å²) >= 11 is 1.51. The molecule has 0 atom stereocenters. The summed E-state index contributed by atoms with van der Waals surface area (Å²) in [6, 6.07) is 17.8. The number of pyridine rings is 1. The highest BCUT2D eigenvalue weighted by atomic mass is 32.2. The molecule has 0 radical (unpaired) electrons. The maximum absolute atomic E-state index is 10.7. The Morgan fingerprint density at radius 3 is 2.58 bits per heavy atom. The minimum atomic E-state index is 0.680. The zero-order chi connectivity index (χ0) is 16.9. The van der Waals surface area contributed by atoms with Gasteiger partial charge in [-0.3, -0.25) is 4.79 Å². The van der Waals surface area contributed by atoms with E-state index in [1.54, 1.807) is 0 Å². The Morgan fingerprint density at radius 1 is 1.08 bits per heavy atom. The second-order valence-corrected chi connectivity index (χ2v) is 6.69. The zero-order valence-electron chi connectivity index (χ0n) is 13.7. The van der Waals surface area contributed by atoms with Gasteiger partial charge in [0.1, 0.15) is 6.29 Å². The smallest absolute Gasteiger partial charge is 0.150 e. The largest absolute Gasteiger partial charge is 0.324 e. The summed E-state index contributed by atoms with van der Waals surface area (Å²) < 4.78 is 3.37. The molecule has 0 unspecified atom stereocenters. The third kappa shape index (κ3) is 3.93. The van der Waals surface area contributed by atoms with E-state index in [0.717, 1.165) is 40.0 Å². The van der Waals surface area contributed by atoms with E-state index in [1.165, 1.54) is 11.9 Å². The molecule has 2 aromatic carbocycles. The first-order chi connectivity index (χ1) is 11.7. The van der Waals surface area contributed by atoms with Crippen LogP contribution in [0.3, 0.4) is 0 Å². The van der Waals surface area contributed by atoms with Crippen LogP contribution in [0.4, 0.5) is 5.69 Å². The lowest BCUT2D eigenvalue weighted by Crippen LogP contribution is -2.11. The Hall–Kier alpha value is -2.37. The molecule has 1 aromatic heterocycles. The molecule has 122 valence electrons. The summed E-state index contributed by atoms with van der Waals surface area (Å²) in [6.07, 6.45) is 0.850. The number of anilines is 1. The van der Waals surface area contributed by atoms with Gasteiger partial charge >= 0.3 is 0 Å². The Morgan fingerprint density at radius 2 is 1.88 bits per heavy atom. The average Bonchev–Trinajstić information content (AvgIpc) is 2.60. The first kappa shape index (κ1) is 16.5. The number of nitrogens with one attached hydrogen (secondary N) is 1. The summed E-state index contributed by atoms with van der Waals surface area (Å²) in [4.78, 5) is 18.7. The van der Waals surface area contributed by atoms with Gasteiger partial charge in [-0.1, -0.05) is 30.3 Å². The molecule has 0 aliphatic carbocycles. The summed E-state index contributed by atoms with van der Waals surface area (Å²) in [7, 11) is 4.07. The van der Waals surface area contributed by atoms with Crippen molar-refractivity contribution in [3.05, 3.63) is 65.9 Å². The number of benzene rings is 2. The topological polar surface area (TPSA) is 45.2 Å². The van der Waals surface area contributed by atoms with Gasteiger partial charge in [0.2, 0.25) is 0 Å². The summed E-state index contributed by atoms with van der Waals surface area (Å²) in [5.41, 5.74) is 3.67. The fourth-order valence-electron chi connectivity index (χ4n) is 2.41. The van der Waals surface area contributed by atoms with E-state index < -0.39 is 0 Å². The van der Waals surface area contributed by atoms with Gasteiger partial charge in [0.05, 0.1) is 16.9 Å². The van der Waals surface area contributed by atoms with Crippen LogP contribution in [0, 0.1) is 0 Å². The molecular formula is C19H19N3OS. The number of fused-ring (bicyclic) bond motifs is 1. The van der Waals surface area contributed by atoms with Gasteiger partial charge in [-0.15, -0.1) is 0 Å².